The maximum atomic E-state index is 9.21. The number of benzene rings is 1. The number of ether oxygens (including phenoxy) is 1. The topological polar surface area (TPSA) is 29.5 Å². The van der Waals surface area contributed by atoms with Crippen molar-refractivity contribution < 1.29 is 9.84 Å². The van der Waals surface area contributed by atoms with E-state index in [0.717, 1.165) is 22.2 Å². The van der Waals surface area contributed by atoms with Gasteiger partial charge in [-0.15, -0.1) is 0 Å². The number of fused-ring (bicyclic) bond motifs is 1. The highest BCUT2D eigenvalue weighted by atomic mass is 79.9. The Labute approximate surface area is 98.4 Å². The van der Waals surface area contributed by atoms with Gasteiger partial charge in [0, 0.05) is 29.0 Å². The van der Waals surface area contributed by atoms with Crippen molar-refractivity contribution in [1.29, 1.82) is 0 Å². The zero-order chi connectivity index (χ0) is 11.0. The molecule has 0 spiro atoms. The molecule has 1 heterocycles. The fourth-order valence-electron chi connectivity index (χ4n) is 1.99. The molecule has 2 atom stereocenters. The summed E-state index contributed by atoms with van der Waals surface area (Å²) < 4.78 is 6.85. The molecular weight excluding hydrogens is 256 g/mol. The van der Waals surface area contributed by atoms with Crippen LogP contribution in [0, 0.1) is 0 Å². The predicted molar refractivity (Wildman–Crippen MR) is 63.4 cm³/mol. The minimum atomic E-state index is 0.126. The summed E-state index contributed by atoms with van der Waals surface area (Å²) in [4.78, 5) is 0. The van der Waals surface area contributed by atoms with E-state index in [1.165, 1.54) is 5.56 Å². The van der Waals surface area contributed by atoms with Crippen molar-refractivity contribution in [2.45, 2.75) is 32.3 Å². The molecule has 2 rings (SSSR count). The molecule has 0 saturated heterocycles. The summed E-state index contributed by atoms with van der Waals surface area (Å²) >= 11 is 3.50. The Hall–Kier alpha value is -0.540. The third kappa shape index (κ3) is 2.04. The van der Waals surface area contributed by atoms with Gasteiger partial charge < -0.3 is 9.84 Å². The lowest BCUT2D eigenvalue weighted by atomic mass is 9.98. The average molecular weight is 271 g/mol. The Morgan fingerprint density at radius 3 is 3.00 bits per heavy atom. The monoisotopic (exact) mass is 270 g/mol. The van der Waals surface area contributed by atoms with Crippen LogP contribution in [-0.4, -0.2) is 17.8 Å². The lowest BCUT2D eigenvalue weighted by Crippen LogP contribution is -2.07. The zero-order valence-corrected chi connectivity index (χ0v) is 10.5. The summed E-state index contributed by atoms with van der Waals surface area (Å²) in [5.74, 6) is 1.11. The van der Waals surface area contributed by atoms with Gasteiger partial charge in [0.1, 0.15) is 11.9 Å². The minimum absolute atomic E-state index is 0.126. The minimum Gasteiger partial charge on any atom is -0.490 e. The fraction of sp³-hybridized carbons (Fsp3) is 0.500. The van der Waals surface area contributed by atoms with Crippen LogP contribution in [-0.2, 0) is 6.42 Å². The van der Waals surface area contributed by atoms with Gasteiger partial charge in [0.2, 0.25) is 0 Å². The van der Waals surface area contributed by atoms with E-state index < -0.39 is 0 Å². The predicted octanol–water partition coefficient (Wildman–Crippen LogP) is 2.87. The van der Waals surface area contributed by atoms with Gasteiger partial charge in [0.15, 0.2) is 0 Å². The maximum absolute atomic E-state index is 9.21. The van der Waals surface area contributed by atoms with Crippen LogP contribution in [0.1, 0.15) is 30.9 Å². The molecule has 0 aromatic heterocycles. The molecule has 0 radical (unpaired) electrons. The molecule has 0 aliphatic carbocycles. The first kappa shape index (κ1) is 11.0. The van der Waals surface area contributed by atoms with Crippen molar-refractivity contribution in [3.63, 3.8) is 0 Å². The highest BCUT2D eigenvalue weighted by molar-refractivity contribution is 9.10. The summed E-state index contributed by atoms with van der Waals surface area (Å²) in [6, 6.07) is 4.14. The average Bonchev–Trinajstić information content (AvgIpc) is 2.55. The van der Waals surface area contributed by atoms with E-state index in [1.807, 2.05) is 13.0 Å². The number of halogens is 1. The van der Waals surface area contributed by atoms with Gasteiger partial charge in [-0.1, -0.05) is 22.9 Å². The largest absolute Gasteiger partial charge is 0.490 e. The molecule has 0 fully saturated rings. The van der Waals surface area contributed by atoms with E-state index in [2.05, 4.69) is 28.9 Å². The fourth-order valence-corrected chi connectivity index (χ4v) is 2.51. The molecule has 2 nitrogen and oxygen atoms in total. The molecule has 2 unspecified atom stereocenters. The van der Waals surface area contributed by atoms with Crippen LogP contribution >= 0.6 is 15.9 Å². The Morgan fingerprint density at radius 1 is 1.60 bits per heavy atom. The maximum Gasteiger partial charge on any atom is 0.126 e. The van der Waals surface area contributed by atoms with Crippen LogP contribution in [0.5, 0.6) is 5.75 Å². The summed E-state index contributed by atoms with van der Waals surface area (Å²) in [6.07, 6.45) is 1.21. The van der Waals surface area contributed by atoms with Gasteiger partial charge >= 0.3 is 0 Å². The third-order valence-electron chi connectivity index (χ3n) is 2.79. The summed E-state index contributed by atoms with van der Waals surface area (Å²) in [6.45, 7) is 4.23. The highest BCUT2D eigenvalue weighted by Crippen LogP contribution is 2.38. The molecule has 82 valence electrons. The van der Waals surface area contributed by atoms with Gasteiger partial charge in [0.05, 0.1) is 0 Å². The second-order valence-electron chi connectivity index (χ2n) is 4.20. The van der Waals surface area contributed by atoms with Gasteiger partial charge in [0.25, 0.3) is 0 Å². The van der Waals surface area contributed by atoms with E-state index in [1.54, 1.807) is 0 Å². The van der Waals surface area contributed by atoms with Crippen molar-refractivity contribution in [2.24, 2.45) is 0 Å². The van der Waals surface area contributed by atoms with E-state index >= 15 is 0 Å². The molecule has 0 saturated carbocycles. The Bertz CT molecular complexity index is 376. The normalized spacial score (nSPS) is 20.9. The molecule has 0 amide bonds. The molecule has 15 heavy (non-hydrogen) atoms. The smallest absolute Gasteiger partial charge is 0.126 e. The number of hydrogen-bond donors (Lipinski definition) is 1. The number of aliphatic hydroxyl groups excluding tert-OH is 1. The van der Waals surface area contributed by atoms with Crippen LogP contribution in [0.25, 0.3) is 0 Å². The number of rotatable bonds is 2. The van der Waals surface area contributed by atoms with Crippen LogP contribution in [0.4, 0.5) is 0 Å². The van der Waals surface area contributed by atoms with Crippen LogP contribution in [0.15, 0.2) is 16.6 Å². The third-order valence-corrected chi connectivity index (χ3v) is 3.25. The van der Waals surface area contributed by atoms with Gasteiger partial charge in [-0.25, -0.2) is 0 Å². The first-order valence-corrected chi connectivity index (χ1v) is 6.01. The van der Waals surface area contributed by atoms with Crippen LogP contribution < -0.4 is 4.74 Å². The highest BCUT2D eigenvalue weighted by Gasteiger charge is 2.24. The van der Waals surface area contributed by atoms with E-state index in [0.29, 0.717) is 0 Å². The van der Waals surface area contributed by atoms with Gasteiger partial charge in [-0.05, 0) is 24.6 Å². The van der Waals surface area contributed by atoms with E-state index in [4.69, 9.17) is 4.74 Å². The molecular formula is C12H15BrO2. The first-order chi connectivity index (χ1) is 7.11. The second-order valence-corrected chi connectivity index (χ2v) is 5.12. The standard InChI is InChI=1S/C12H15BrO2/c1-7(6-14)11-5-10(13)4-9-3-8(2)15-12(9)11/h4-5,7-8,14H,3,6H2,1-2H3. The van der Waals surface area contributed by atoms with Crippen molar-refractivity contribution in [1.82, 2.24) is 0 Å². The molecule has 1 aliphatic rings. The van der Waals surface area contributed by atoms with Crippen molar-refractivity contribution in [2.75, 3.05) is 6.61 Å². The lowest BCUT2D eigenvalue weighted by molar-refractivity contribution is 0.242. The summed E-state index contributed by atoms with van der Waals surface area (Å²) in [7, 11) is 0. The molecule has 0 bridgehead atoms. The van der Waals surface area contributed by atoms with E-state index in [9.17, 15) is 5.11 Å². The molecule has 3 heteroatoms. The van der Waals surface area contributed by atoms with Crippen molar-refractivity contribution in [3.05, 3.63) is 27.7 Å². The molecule has 1 aromatic rings. The SMILES string of the molecule is CC1Cc2cc(Br)cc(C(C)CO)c2O1. The number of hydrogen-bond acceptors (Lipinski definition) is 2. The quantitative estimate of drug-likeness (QED) is 0.896. The van der Waals surface area contributed by atoms with Gasteiger partial charge in [-0.3, -0.25) is 0 Å². The Kier molecular flexibility index (Phi) is 3.03. The zero-order valence-electron chi connectivity index (χ0n) is 8.96. The molecule has 1 aromatic carbocycles. The summed E-state index contributed by atoms with van der Waals surface area (Å²) in [5, 5.41) is 9.21. The van der Waals surface area contributed by atoms with Gasteiger partial charge in [-0.2, -0.15) is 0 Å². The Balaban J connectivity index is 2.47. The lowest BCUT2D eigenvalue weighted by Gasteiger charge is -2.14. The summed E-state index contributed by atoms with van der Waals surface area (Å²) in [5.41, 5.74) is 2.35. The molecule has 1 N–H and O–H groups in total. The van der Waals surface area contributed by atoms with Crippen molar-refractivity contribution in [3.8, 4) is 5.75 Å². The van der Waals surface area contributed by atoms with E-state index in [-0.39, 0.29) is 18.6 Å². The van der Waals surface area contributed by atoms with Crippen LogP contribution in [0.3, 0.4) is 0 Å². The molecule has 1 aliphatic heterocycles. The first-order valence-electron chi connectivity index (χ1n) is 5.21. The number of aliphatic hydroxyl groups is 1. The Morgan fingerprint density at radius 2 is 2.33 bits per heavy atom. The van der Waals surface area contributed by atoms with Crippen molar-refractivity contribution >= 4 is 15.9 Å². The van der Waals surface area contributed by atoms with Crippen LogP contribution in [0.2, 0.25) is 0 Å². The second kappa shape index (κ2) is 4.14.